The molecule has 0 fully saturated rings. The lowest BCUT2D eigenvalue weighted by Gasteiger charge is -1.98. The van der Waals surface area contributed by atoms with E-state index in [1.807, 2.05) is 0 Å². The highest BCUT2D eigenvalue weighted by molar-refractivity contribution is 5.53. The predicted octanol–water partition coefficient (Wildman–Crippen LogP) is 0.434. The fraction of sp³-hybridized carbons (Fsp3) is 0. The first-order chi connectivity index (χ1) is 5.16. The average molecular weight is 153 g/mol. The molecule has 11 heavy (non-hydrogen) atoms. The van der Waals surface area contributed by atoms with Gasteiger partial charge in [0.1, 0.15) is 0 Å². The maximum absolute atomic E-state index is 10.8. The minimum atomic E-state index is -0.845. The van der Waals surface area contributed by atoms with Crippen LogP contribution in [0, 0.1) is 0 Å². The Kier molecular flexibility index (Phi) is 1.68. The van der Waals surface area contributed by atoms with E-state index in [0.717, 1.165) is 6.20 Å². The van der Waals surface area contributed by atoms with Crippen molar-refractivity contribution in [1.82, 2.24) is 4.73 Å². The summed E-state index contributed by atoms with van der Waals surface area (Å²) in [5, 5.41) is 17.7. The number of hydrogen-bond donors (Lipinski definition) is 2. The summed E-state index contributed by atoms with van der Waals surface area (Å²) in [6.07, 6.45) is 2.47. The van der Waals surface area contributed by atoms with E-state index in [4.69, 9.17) is 10.3 Å². The van der Waals surface area contributed by atoms with Crippen molar-refractivity contribution < 1.29 is 10.3 Å². The zero-order valence-electron chi connectivity index (χ0n) is 5.69. The molecule has 1 heterocycles. The van der Waals surface area contributed by atoms with Gasteiger partial charge in [-0.2, -0.15) is 4.73 Å². The van der Waals surface area contributed by atoms with E-state index in [0.29, 0.717) is 10.3 Å². The molecule has 0 atom stereocenters. The van der Waals surface area contributed by atoms with Gasteiger partial charge in [-0.15, -0.1) is 0 Å². The smallest absolute Gasteiger partial charge is 0.325 e. The van der Waals surface area contributed by atoms with Gasteiger partial charge in [-0.05, 0) is 6.07 Å². The minimum Gasteiger partial charge on any atom is -0.503 e. The summed E-state index contributed by atoms with van der Waals surface area (Å²) >= 11 is 0. The predicted molar refractivity (Wildman–Crippen MR) is 39.6 cm³/mol. The molecule has 1 aromatic rings. The van der Waals surface area contributed by atoms with E-state index >= 15 is 0 Å². The largest absolute Gasteiger partial charge is 0.503 e. The molecule has 0 saturated heterocycles. The number of aromatic hydroxyl groups is 1. The molecule has 0 unspecified atom stereocenters. The number of pyridine rings is 1. The van der Waals surface area contributed by atoms with E-state index in [1.165, 1.54) is 12.1 Å². The quantitative estimate of drug-likeness (QED) is 0.575. The number of rotatable bonds is 1. The van der Waals surface area contributed by atoms with Crippen LogP contribution in [0.15, 0.2) is 23.6 Å². The summed E-state index contributed by atoms with van der Waals surface area (Å²) < 4.78 is 0.308. The summed E-state index contributed by atoms with van der Waals surface area (Å²) in [6, 6.07) is 1.38. The van der Waals surface area contributed by atoms with Gasteiger partial charge < -0.3 is 10.3 Å². The zero-order valence-corrected chi connectivity index (χ0v) is 5.69. The molecule has 4 heteroatoms. The first-order valence-electron chi connectivity index (χ1n) is 2.93. The molecule has 0 saturated carbocycles. The van der Waals surface area contributed by atoms with Crippen molar-refractivity contribution in [2.75, 3.05) is 0 Å². The SMILES string of the molecule is C=Cc1ccn(O)c(=O)c1O. The Labute approximate surface area is 62.6 Å². The minimum absolute atomic E-state index is 0.306. The highest BCUT2D eigenvalue weighted by atomic mass is 16.5. The van der Waals surface area contributed by atoms with Gasteiger partial charge in [-0.1, -0.05) is 12.7 Å². The highest BCUT2D eigenvalue weighted by Crippen LogP contribution is 2.10. The second-order valence-corrected chi connectivity index (χ2v) is 1.97. The third-order valence-electron chi connectivity index (χ3n) is 1.30. The van der Waals surface area contributed by atoms with Gasteiger partial charge in [-0.3, -0.25) is 4.79 Å². The fourth-order valence-corrected chi connectivity index (χ4v) is 0.694. The van der Waals surface area contributed by atoms with Crippen molar-refractivity contribution >= 4 is 6.08 Å². The van der Waals surface area contributed by atoms with Crippen LogP contribution in [-0.2, 0) is 0 Å². The van der Waals surface area contributed by atoms with E-state index in [1.54, 1.807) is 0 Å². The van der Waals surface area contributed by atoms with Crippen LogP contribution in [0.2, 0.25) is 0 Å². The lowest BCUT2D eigenvalue weighted by molar-refractivity contribution is 0.171. The van der Waals surface area contributed by atoms with Crippen molar-refractivity contribution in [1.29, 1.82) is 0 Å². The maximum atomic E-state index is 10.8. The maximum Gasteiger partial charge on any atom is 0.325 e. The third-order valence-corrected chi connectivity index (χ3v) is 1.30. The van der Waals surface area contributed by atoms with Crippen molar-refractivity contribution in [3.8, 4) is 5.75 Å². The van der Waals surface area contributed by atoms with Crippen LogP contribution >= 0.6 is 0 Å². The molecule has 4 nitrogen and oxygen atoms in total. The van der Waals surface area contributed by atoms with Crippen LogP contribution in [0.5, 0.6) is 5.75 Å². The van der Waals surface area contributed by atoms with E-state index in [9.17, 15) is 4.79 Å². The molecule has 2 N–H and O–H groups in total. The van der Waals surface area contributed by atoms with E-state index in [2.05, 4.69) is 6.58 Å². The Morgan fingerprint density at radius 2 is 2.27 bits per heavy atom. The first kappa shape index (κ1) is 7.40. The van der Waals surface area contributed by atoms with Crippen LogP contribution in [0.1, 0.15) is 5.56 Å². The highest BCUT2D eigenvalue weighted by Gasteiger charge is 2.03. The second-order valence-electron chi connectivity index (χ2n) is 1.97. The van der Waals surface area contributed by atoms with Crippen molar-refractivity contribution in [3.63, 3.8) is 0 Å². The number of hydrogen-bond acceptors (Lipinski definition) is 3. The molecular weight excluding hydrogens is 146 g/mol. The molecule has 0 aliphatic carbocycles. The van der Waals surface area contributed by atoms with Crippen molar-refractivity contribution in [2.45, 2.75) is 0 Å². The van der Waals surface area contributed by atoms with Crippen LogP contribution in [0.25, 0.3) is 6.08 Å². The molecule has 0 aliphatic heterocycles. The topological polar surface area (TPSA) is 62.5 Å². The molecule has 1 rings (SSSR count). The molecule has 58 valence electrons. The molecule has 0 spiro atoms. The molecule has 0 bridgehead atoms. The molecule has 0 aromatic carbocycles. The number of nitrogens with zero attached hydrogens (tertiary/aromatic N) is 1. The van der Waals surface area contributed by atoms with Gasteiger partial charge in [0.25, 0.3) is 0 Å². The fourth-order valence-electron chi connectivity index (χ4n) is 0.694. The molecule has 0 amide bonds. The van der Waals surface area contributed by atoms with Crippen molar-refractivity contribution in [3.05, 3.63) is 34.8 Å². The van der Waals surface area contributed by atoms with Crippen LogP contribution in [0.3, 0.4) is 0 Å². The molecular formula is C7H7NO3. The Balaban J connectivity index is 3.49. The van der Waals surface area contributed by atoms with Gasteiger partial charge in [0, 0.05) is 11.8 Å². The Morgan fingerprint density at radius 3 is 2.82 bits per heavy atom. The third kappa shape index (κ3) is 1.10. The van der Waals surface area contributed by atoms with Gasteiger partial charge in [0.2, 0.25) is 0 Å². The van der Waals surface area contributed by atoms with Gasteiger partial charge >= 0.3 is 5.56 Å². The van der Waals surface area contributed by atoms with Gasteiger partial charge in [-0.25, -0.2) is 0 Å². The normalized spacial score (nSPS) is 9.45. The Bertz CT molecular complexity index is 340. The Hall–Kier alpha value is -1.71. The molecule has 0 aliphatic rings. The van der Waals surface area contributed by atoms with E-state index in [-0.39, 0.29) is 0 Å². The second kappa shape index (κ2) is 2.49. The van der Waals surface area contributed by atoms with Crippen LogP contribution in [-0.4, -0.2) is 15.0 Å². The number of aromatic nitrogens is 1. The summed E-state index contributed by atoms with van der Waals surface area (Å²) in [6.45, 7) is 3.37. The summed E-state index contributed by atoms with van der Waals surface area (Å²) in [7, 11) is 0. The van der Waals surface area contributed by atoms with Crippen molar-refractivity contribution in [2.24, 2.45) is 0 Å². The lowest BCUT2D eigenvalue weighted by atomic mass is 10.2. The Morgan fingerprint density at radius 1 is 1.64 bits per heavy atom. The van der Waals surface area contributed by atoms with Gasteiger partial charge in [0.15, 0.2) is 5.75 Å². The standard InChI is InChI=1S/C7H7NO3/c1-2-5-3-4-8(11)7(10)6(5)9/h2-4,9,11H,1H2. The molecule has 0 radical (unpaired) electrons. The van der Waals surface area contributed by atoms with Crippen LogP contribution < -0.4 is 5.56 Å². The monoisotopic (exact) mass is 153 g/mol. The zero-order chi connectivity index (χ0) is 8.43. The van der Waals surface area contributed by atoms with Gasteiger partial charge in [0.05, 0.1) is 0 Å². The van der Waals surface area contributed by atoms with E-state index < -0.39 is 11.3 Å². The summed E-state index contributed by atoms with van der Waals surface area (Å²) in [4.78, 5) is 10.8. The summed E-state index contributed by atoms with van der Waals surface area (Å²) in [5.41, 5.74) is -0.539. The average Bonchev–Trinajstić information content (AvgIpc) is 2.01. The summed E-state index contributed by atoms with van der Waals surface area (Å²) in [5.74, 6) is -0.495. The molecule has 1 aromatic heterocycles. The lowest BCUT2D eigenvalue weighted by Crippen LogP contribution is -2.16. The van der Waals surface area contributed by atoms with Crippen LogP contribution in [0.4, 0.5) is 0 Å². The first-order valence-corrected chi connectivity index (χ1v) is 2.93.